The van der Waals surface area contributed by atoms with Gasteiger partial charge in [-0.25, -0.2) is 0 Å². The molecule has 1 saturated heterocycles. The molecule has 4 atom stereocenters. The molecule has 1 fully saturated rings. The number of benzene rings is 4. The van der Waals surface area contributed by atoms with Crippen molar-refractivity contribution >= 4 is 34.9 Å². The average molecular weight is 600 g/mol. The lowest BCUT2D eigenvalue weighted by Crippen LogP contribution is -2.49. The number of ether oxygens (including phenoxy) is 1. The van der Waals surface area contributed by atoms with Gasteiger partial charge in [-0.05, 0) is 59.5 Å². The molecule has 224 valence electrons. The van der Waals surface area contributed by atoms with Crippen molar-refractivity contribution in [3.63, 3.8) is 0 Å². The zero-order chi connectivity index (χ0) is 31.3. The van der Waals surface area contributed by atoms with Crippen molar-refractivity contribution in [3.05, 3.63) is 141 Å². The number of nitrogens with zero attached hydrogens (tertiary/aromatic N) is 2. The van der Waals surface area contributed by atoms with Crippen LogP contribution in [0.3, 0.4) is 0 Å². The fourth-order valence-corrected chi connectivity index (χ4v) is 7.23. The standard InChI is InChI=1S/C36H29N3O6/c1-2-20-45-26-16-14-23(15-17-26)32(40)30-31(33(41)24-9-7-10-25(21-24)39(43)44)38-19-18-22-8-3-4-11-27(22)34(38)36(30)28-12-5-6-13-29(28)37-35(36)42/h3-19,21,30-31,34H,2,20H2,1H3,(H,37,42)/t30-,31-,34+,36+/m0/s1. The van der Waals surface area contributed by atoms with Crippen molar-refractivity contribution in [3.8, 4) is 5.75 Å². The predicted octanol–water partition coefficient (Wildman–Crippen LogP) is 6.37. The van der Waals surface area contributed by atoms with E-state index in [2.05, 4.69) is 5.32 Å². The molecule has 9 nitrogen and oxygen atoms in total. The fraction of sp³-hybridized carbons (Fsp3) is 0.194. The molecular weight excluding hydrogens is 570 g/mol. The van der Waals surface area contributed by atoms with Gasteiger partial charge in [-0.15, -0.1) is 0 Å². The Morgan fingerprint density at radius 1 is 0.933 bits per heavy atom. The molecule has 1 amide bonds. The minimum Gasteiger partial charge on any atom is -0.494 e. The molecule has 0 saturated carbocycles. The topological polar surface area (TPSA) is 119 Å². The van der Waals surface area contributed by atoms with Crippen molar-refractivity contribution in [2.24, 2.45) is 5.92 Å². The third-order valence-corrected chi connectivity index (χ3v) is 9.07. The van der Waals surface area contributed by atoms with E-state index < -0.39 is 34.1 Å². The quantitative estimate of drug-likeness (QED) is 0.142. The van der Waals surface area contributed by atoms with Crippen molar-refractivity contribution in [2.75, 3.05) is 11.9 Å². The SMILES string of the molecule is CCCOc1ccc(C(=O)[C@@H]2[C@@H](C(=O)c3cccc([N+](=O)[O-])c3)N3C=Cc4ccccc4[C@@H]3[C@]23C(=O)Nc2ccccc23)cc1. The summed E-state index contributed by atoms with van der Waals surface area (Å²) in [5.41, 5.74) is 1.58. The van der Waals surface area contributed by atoms with E-state index in [1.54, 1.807) is 36.5 Å². The van der Waals surface area contributed by atoms with Gasteiger partial charge in [0.2, 0.25) is 5.91 Å². The highest BCUT2D eigenvalue weighted by Gasteiger charge is 2.70. The second-order valence-corrected chi connectivity index (χ2v) is 11.5. The molecule has 3 aliphatic heterocycles. The number of amides is 1. The summed E-state index contributed by atoms with van der Waals surface area (Å²) in [6.07, 6.45) is 4.48. The van der Waals surface area contributed by atoms with Crippen LogP contribution in [0.4, 0.5) is 11.4 Å². The van der Waals surface area contributed by atoms with Gasteiger partial charge in [-0.1, -0.05) is 61.5 Å². The third kappa shape index (κ3) is 4.26. The van der Waals surface area contributed by atoms with Crippen LogP contribution in [0, 0.1) is 16.0 Å². The van der Waals surface area contributed by atoms with Crippen LogP contribution in [-0.4, -0.2) is 39.9 Å². The minimum absolute atomic E-state index is 0.0880. The Kier molecular flexibility index (Phi) is 6.81. The lowest BCUT2D eigenvalue weighted by Gasteiger charge is -2.38. The van der Waals surface area contributed by atoms with Crippen molar-refractivity contribution in [2.45, 2.75) is 30.8 Å². The summed E-state index contributed by atoms with van der Waals surface area (Å²) >= 11 is 0. The first-order valence-corrected chi connectivity index (χ1v) is 14.9. The van der Waals surface area contributed by atoms with E-state index in [1.165, 1.54) is 24.3 Å². The second kappa shape index (κ2) is 10.9. The summed E-state index contributed by atoms with van der Waals surface area (Å²) in [5, 5.41) is 14.7. The monoisotopic (exact) mass is 599 g/mol. The number of para-hydroxylation sites is 1. The van der Waals surface area contributed by atoms with Gasteiger partial charge in [0.05, 0.1) is 23.5 Å². The molecule has 4 aromatic rings. The highest BCUT2D eigenvalue weighted by atomic mass is 16.6. The maximum atomic E-state index is 14.9. The zero-order valence-electron chi connectivity index (χ0n) is 24.4. The Hall–Kier alpha value is -5.57. The van der Waals surface area contributed by atoms with Crippen LogP contribution in [0.25, 0.3) is 6.08 Å². The highest BCUT2D eigenvalue weighted by molar-refractivity contribution is 6.16. The van der Waals surface area contributed by atoms with Gasteiger partial charge in [0.1, 0.15) is 17.2 Å². The molecule has 4 aromatic carbocycles. The molecule has 3 aliphatic rings. The van der Waals surface area contributed by atoms with Crippen LogP contribution in [-0.2, 0) is 10.2 Å². The van der Waals surface area contributed by atoms with Gasteiger partial charge in [0.25, 0.3) is 5.69 Å². The smallest absolute Gasteiger partial charge is 0.270 e. The van der Waals surface area contributed by atoms with Crippen LogP contribution in [0.1, 0.15) is 56.8 Å². The Bertz CT molecular complexity index is 1900. The summed E-state index contributed by atoms with van der Waals surface area (Å²) in [6, 6.07) is 25.3. The lowest BCUT2D eigenvalue weighted by atomic mass is 9.62. The zero-order valence-corrected chi connectivity index (χ0v) is 24.4. The van der Waals surface area contributed by atoms with E-state index in [-0.39, 0.29) is 22.9 Å². The molecule has 0 aromatic heterocycles. The van der Waals surface area contributed by atoms with Crippen molar-refractivity contribution < 1.29 is 24.0 Å². The van der Waals surface area contributed by atoms with Gasteiger partial charge in [-0.2, -0.15) is 0 Å². The molecule has 0 radical (unpaired) electrons. The van der Waals surface area contributed by atoms with Crippen LogP contribution in [0.2, 0.25) is 0 Å². The number of nitro benzene ring substituents is 1. The number of fused-ring (bicyclic) bond motifs is 6. The third-order valence-electron chi connectivity index (χ3n) is 9.07. The molecule has 45 heavy (non-hydrogen) atoms. The summed E-state index contributed by atoms with van der Waals surface area (Å²) < 4.78 is 5.73. The number of rotatable bonds is 8. The number of Topliss-reactive ketones (excluding diaryl/α,β-unsaturated/α-hetero) is 2. The van der Waals surface area contributed by atoms with Gasteiger partial charge >= 0.3 is 0 Å². The number of anilines is 1. The van der Waals surface area contributed by atoms with Gasteiger partial charge in [0.15, 0.2) is 11.6 Å². The molecule has 3 heterocycles. The number of hydrogen-bond acceptors (Lipinski definition) is 7. The number of carbonyl (C=O) groups is 3. The molecule has 0 bridgehead atoms. The number of nitrogens with one attached hydrogen (secondary N) is 1. The summed E-state index contributed by atoms with van der Waals surface area (Å²) in [6.45, 7) is 2.53. The Morgan fingerprint density at radius 3 is 2.47 bits per heavy atom. The molecule has 0 unspecified atom stereocenters. The summed E-state index contributed by atoms with van der Waals surface area (Å²) in [7, 11) is 0. The molecule has 7 rings (SSSR count). The van der Waals surface area contributed by atoms with Crippen molar-refractivity contribution in [1.29, 1.82) is 0 Å². The lowest BCUT2D eigenvalue weighted by molar-refractivity contribution is -0.384. The first-order chi connectivity index (χ1) is 21.9. The van der Waals surface area contributed by atoms with E-state index in [0.29, 0.717) is 29.2 Å². The van der Waals surface area contributed by atoms with E-state index in [1.807, 2.05) is 60.4 Å². The summed E-state index contributed by atoms with van der Waals surface area (Å²) in [5.74, 6) is -1.82. The molecule has 1 N–H and O–H groups in total. The van der Waals surface area contributed by atoms with E-state index >= 15 is 0 Å². The molecule has 0 aliphatic carbocycles. The number of hydrogen-bond donors (Lipinski definition) is 1. The highest BCUT2D eigenvalue weighted by Crippen LogP contribution is 2.62. The number of ketones is 2. The van der Waals surface area contributed by atoms with Crippen LogP contribution in [0.5, 0.6) is 5.75 Å². The Morgan fingerprint density at radius 2 is 1.69 bits per heavy atom. The average Bonchev–Trinajstić information content (AvgIpc) is 3.55. The number of nitro groups is 1. The van der Waals surface area contributed by atoms with Crippen LogP contribution in [0.15, 0.2) is 103 Å². The normalized spacial score (nSPS) is 22.4. The molecule has 1 spiro atoms. The first-order valence-electron chi connectivity index (χ1n) is 14.9. The largest absolute Gasteiger partial charge is 0.494 e. The van der Waals surface area contributed by atoms with Gasteiger partial charge in [-0.3, -0.25) is 24.5 Å². The van der Waals surface area contributed by atoms with Crippen molar-refractivity contribution in [1.82, 2.24) is 4.90 Å². The van der Waals surface area contributed by atoms with Gasteiger partial charge < -0.3 is 15.0 Å². The van der Waals surface area contributed by atoms with Gasteiger partial charge in [0, 0.05) is 35.1 Å². The number of non-ortho nitro benzene ring substituents is 1. The number of carbonyl (C=O) groups excluding carboxylic acids is 3. The second-order valence-electron chi connectivity index (χ2n) is 11.5. The van der Waals surface area contributed by atoms with E-state index in [9.17, 15) is 24.5 Å². The fourth-order valence-electron chi connectivity index (χ4n) is 7.23. The minimum atomic E-state index is -1.49. The first kappa shape index (κ1) is 28.2. The maximum absolute atomic E-state index is 14.9. The van der Waals surface area contributed by atoms with Crippen LogP contribution < -0.4 is 10.1 Å². The molecular formula is C36H29N3O6. The van der Waals surface area contributed by atoms with Crippen LogP contribution >= 0.6 is 0 Å². The van der Waals surface area contributed by atoms with E-state index in [0.717, 1.165) is 17.5 Å². The Labute approximate surface area is 259 Å². The van der Waals surface area contributed by atoms with E-state index in [4.69, 9.17) is 4.74 Å². The summed E-state index contributed by atoms with van der Waals surface area (Å²) in [4.78, 5) is 57.1. The maximum Gasteiger partial charge on any atom is 0.270 e. The predicted molar refractivity (Wildman–Crippen MR) is 168 cm³/mol. The Balaban J connectivity index is 1.47. The molecule has 9 heteroatoms.